The molecule has 2 aromatic rings. The lowest BCUT2D eigenvalue weighted by Gasteiger charge is -2.08. The summed E-state index contributed by atoms with van der Waals surface area (Å²) in [5.41, 5.74) is 6.32. The van der Waals surface area contributed by atoms with E-state index < -0.39 is 5.91 Å². The summed E-state index contributed by atoms with van der Waals surface area (Å²) in [5.74, 6) is -0.917. The SMILES string of the molecule is NC(=O)c1cccc(NC(=O)c2cccc(Br)c2Cl)c1. The third-order valence-corrected chi connectivity index (χ3v) is 3.90. The van der Waals surface area contributed by atoms with Crippen molar-refractivity contribution in [2.45, 2.75) is 0 Å². The van der Waals surface area contributed by atoms with Crippen molar-refractivity contribution in [3.8, 4) is 0 Å². The molecule has 2 rings (SSSR count). The Labute approximate surface area is 129 Å². The molecule has 20 heavy (non-hydrogen) atoms. The van der Waals surface area contributed by atoms with E-state index >= 15 is 0 Å². The smallest absolute Gasteiger partial charge is 0.257 e. The molecule has 2 aromatic carbocycles. The third kappa shape index (κ3) is 3.18. The number of primary amides is 1. The van der Waals surface area contributed by atoms with Gasteiger partial charge in [-0.3, -0.25) is 9.59 Å². The maximum atomic E-state index is 12.1. The molecule has 3 N–H and O–H groups in total. The average molecular weight is 354 g/mol. The number of carbonyl (C=O) groups excluding carboxylic acids is 2. The van der Waals surface area contributed by atoms with Gasteiger partial charge >= 0.3 is 0 Å². The van der Waals surface area contributed by atoms with Gasteiger partial charge in [0.25, 0.3) is 5.91 Å². The maximum absolute atomic E-state index is 12.1. The second-order valence-corrected chi connectivity index (χ2v) is 5.23. The lowest BCUT2D eigenvalue weighted by Crippen LogP contribution is -2.14. The minimum Gasteiger partial charge on any atom is -0.366 e. The number of rotatable bonds is 3. The van der Waals surface area contributed by atoms with Crippen LogP contribution in [0.5, 0.6) is 0 Å². The van der Waals surface area contributed by atoms with E-state index in [0.717, 1.165) is 0 Å². The summed E-state index contributed by atoms with van der Waals surface area (Å²) in [6.45, 7) is 0. The number of nitrogens with one attached hydrogen (secondary N) is 1. The first-order valence-electron chi connectivity index (χ1n) is 5.64. The summed E-state index contributed by atoms with van der Waals surface area (Å²) in [4.78, 5) is 23.2. The van der Waals surface area contributed by atoms with Gasteiger partial charge in [-0.1, -0.05) is 23.7 Å². The second-order valence-electron chi connectivity index (χ2n) is 4.00. The molecule has 0 saturated carbocycles. The predicted octanol–water partition coefficient (Wildman–Crippen LogP) is 3.45. The lowest BCUT2D eigenvalue weighted by molar-refractivity contribution is 0.0996. The second kappa shape index (κ2) is 6.07. The molecule has 0 fully saturated rings. The highest BCUT2D eigenvalue weighted by Crippen LogP contribution is 2.26. The van der Waals surface area contributed by atoms with E-state index in [1.165, 1.54) is 6.07 Å². The molecular formula is C14H10BrClN2O2. The van der Waals surface area contributed by atoms with Crippen molar-refractivity contribution in [1.82, 2.24) is 0 Å². The number of hydrogen-bond acceptors (Lipinski definition) is 2. The van der Waals surface area contributed by atoms with Gasteiger partial charge in [-0.25, -0.2) is 0 Å². The summed E-state index contributed by atoms with van der Waals surface area (Å²) in [6.07, 6.45) is 0. The number of amides is 2. The maximum Gasteiger partial charge on any atom is 0.257 e. The first-order valence-corrected chi connectivity index (χ1v) is 6.81. The van der Waals surface area contributed by atoms with Crippen LogP contribution in [0.25, 0.3) is 0 Å². The number of nitrogens with two attached hydrogens (primary N) is 1. The van der Waals surface area contributed by atoms with Crippen molar-refractivity contribution < 1.29 is 9.59 Å². The van der Waals surface area contributed by atoms with Gasteiger partial charge in [0.1, 0.15) is 0 Å². The highest BCUT2D eigenvalue weighted by Gasteiger charge is 2.13. The Kier molecular flexibility index (Phi) is 4.42. The van der Waals surface area contributed by atoms with Crippen molar-refractivity contribution >= 4 is 45.0 Å². The van der Waals surface area contributed by atoms with Crippen LogP contribution in [0, 0.1) is 0 Å². The Morgan fingerprint density at radius 2 is 1.85 bits per heavy atom. The van der Waals surface area contributed by atoms with Gasteiger partial charge in [-0.05, 0) is 46.3 Å². The Bertz CT molecular complexity index is 689. The Morgan fingerprint density at radius 1 is 1.15 bits per heavy atom. The summed E-state index contributed by atoms with van der Waals surface area (Å²) in [7, 11) is 0. The number of hydrogen-bond donors (Lipinski definition) is 2. The average Bonchev–Trinajstić information content (AvgIpc) is 2.42. The van der Waals surface area contributed by atoms with E-state index in [-0.39, 0.29) is 5.91 Å². The summed E-state index contributed by atoms with van der Waals surface area (Å²) < 4.78 is 0.637. The monoisotopic (exact) mass is 352 g/mol. The fourth-order valence-corrected chi connectivity index (χ4v) is 2.21. The molecule has 0 aliphatic heterocycles. The molecule has 4 nitrogen and oxygen atoms in total. The Balaban J connectivity index is 2.26. The van der Waals surface area contributed by atoms with E-state index in [1.54, 1.807) is 36.4 Å². The summed E-state index contributed by atoms with van der Waals surface area (Å²) in [6, 6.07) is 11.4. The van der Waals surface area contributed by atoms with E-state index in [9.17, 15) is 9.59 Å². The normalized spacial score (nSPS) is 10.1. The molecule has 0 aliphatic carbocycles. The lowest BCUT2D eigenvalue weighted by atomic mass is 10.1. The largest absolute Gasteiger partial charge is 0.366 e. The first kappa shape index (κ1) is 14.6. The quantitative estimate of drug-likeness (QED) is 0.887. The van der Waals surface area contributed by atoms with Crippen molar-refractivity contribution in [3.63, 3.8) is 0 Å². The van der Waals surface area contributed by atoms with Crippen LogP contribution < -0.4 is 11.1 Å². The molecule has 0 radical (unpaired) electrons. The summed E-state index contributed by atoms with van der Waals surface area (Å²) in [5, 5.41) is 3.00. The Hall–Kier alpha value is -1.85. The van der Waals surface area contributed by atoms with Gasteiger partial charge in [0, 0.05) is 15.7 Å². The molecule has 2 amide bonds. The zero-order valence-corrected chi connectivity index (χ0v) is 12.5. The van der Waals surface area contributed by atoms with E-state index in [2.05, 4.69) is 21.2 Å². The molecule has 0 heterocycles. The van der Waals surface area contributed by atoms with Gasteiger partial charge in [-0.2, -0.15) is 0 Å². The fourth-order valence-electron chi connectivity index (χ4n) is 1.63. The first-order chi connectivity index (χ1) is 9.49. The standard InChI is InChI=1S/C14H10BrClN2O2/c15-11-6-2-5-10(12(11)16)14(20)18-9-4-1-3-8(7-9)13(17)19/h1-7H,(H2,17,19)(H,18,20). The Morgan fingerprint density at radius 3 is 2.55 bits per heavy atom. The number of halogens is 2. The van der Waals surface area contributed by atoms with Gasteiger partial charge in [0.05, 0.1) is 10.6 Å². The predicted molar refractivity (Wildman–Crippen MR) is 82.1 cm³/mol. The van der Waals surface area contributed by atoms with Gasteiger partial charge < -0.3 is 11.1 Å². The molecule has 102 valence electrons. The van der Waals surface area contributed by atoms with Gasteiger partial charge in [0.2, 0.25) is 5.91 Å². The molecule has 0 saturated heterocycles. The van der Waals surface area contributed by atoms with Crippen LogP contribution in [0.2, 0.25) is 5.02 Å². The molecule has 0 aliphatic rings. The molecule has 0 unspecified atom stereocenters. The van der Waals surface area contributed by atoms with Crippen LogP contribution in [-0.4, -0.2) is 11.8 Å². The van der Waals surface area contributed by atoms with Crippen molar-refractivity contribution in [1.29, 1.82) is 0 Å². The van der Waals surface area contributed by atoms with E-state index in [1.807, 2.05) is 0 Å². The van der Waals surface area contributed by atoms with Crippen LogP contribution in [0.3, 0.4) is 0 Å². The minimum atomic E-state index is -0.554. The zero-order valence-electron chi connectivity index (χ0n) is 10.2. The van der Waals surface area contributed by atoms with Crippen molar-refractivity contribution in [3.05, 3.63) is 63.1 Å². The van der Waals surface area contributed by atoms with Crippen molar-refractivity contribution in [2.24, 2.45) is 5.73 Å². The van der Waals surface area contributed by atoms with E-state index in [4.69, 9.17) is 17.3 Å². The third-order valence-electron chi connectivity index (χ3n) is 2.60. The van der Waals surface area contributed by atoms with Crippen LogP contribution >= 0.6 is 27.5 Å². The van der Waals surface area contributed by atoms with Crippen LogP contribution in [0.1, 0.15) is 20.7 Å². The molecule has 0 atom stereocenters. The molecule has 0 bridgehead atoms. The minimum absolute atomic E-state index is 0.322. The molecule has 6 heteroatoms. The highest BCUT2D eigenvalue weighted by molar-refractivity contribution is 9.10. The van der Waals surface area contributed by atoms with E-state index in [0.29, 0.717) is 26.3 Å². The molecule has 0 aromatic heterocycles. The number of anilines is 1. The number of benzene rings is 2. The van der Waals surface area contributed by atoms with Crippen LogP contribution in [-0.2, 0) is 0 Å². The highest BCUT2D eigenvalue weighted by atomic mass is 79.9. The fraction of sp³-hybridized carbons (Fsp3) is 0. The molecule has 0 spiro atoms. The molecular weight excluding hydrogens is 344 g/mol. The van der Waals surface area contributed by atoms with Crippen LogP contribution in [0.4, 0.5) is 5.69 Å². The number of carbonyl (C=O) groups is 2. The topological polar surface area (TPSA) is 72.2 Å². The summed E-state index contributed by atoms with van der Waals surface area (Å²) >= 11 is 9.31. The van der Waals surface area contributed by atoms with Crippen LogP contribution in [0.15, 0.2) is 46.9 Å². The van der Waals surface area contributed by atoms with Gasteiger partial charge in [0.15, 0.2) is 0 Å². The van der Waals surface area contributed by atoms with Gasteiger partial charge in [-0.15, -0.1) is 0 Å². The zero-order chi connectivity index (χ0) is 14.7. The van der Waals surface area contributed by atoms with Crippen molar-refractivity contribution in [2.75, 3.05) is 5.32 Å².